The van der Waals surface area contributed by atoms with Crippen LogP contribution in [-0.2, 0) is 16.6 Å². The molecule has 118 valence electrons. The van der Waals surface area contributed by atoms with Crippen LogP contribution < -0.4 is 17.1 Å². The molecule has 4 aliphatic rings. The number of Topliss-reactive ketones (excluding diaryl/α,β-unsaturated/α-hetero) is 1. The monoisotopic (exact) mass is 320 g/mol. The minimum atomic E-state index is -0.366. The van der Waals surface area contributed by atoms with Crippen LogP contribution in [0.25, 0.3) is 0 Å². The standard InChI is InChI=1S/C17H19NO3.ClH/c1-18-7-6-17-10-3-5-13(20)16(17)21-15-12(19)4-2-9(14(15)17)8-11(10)18;/h2,4,10-11,16,19H,3,5-8H2,1H3;1H/p-1/t10?,11-,16+,17+;/m1./s1. The van der Waals surface area contributed by atoms with Crippen molar-refractivity contribution in [1.82, 2.24) is 4.90 Å². The zero-order chi connectivity index (χ0) is 14.4. The SMILES string of the molecule is CN1CC[C@]23c4c5ccc(O)c4O[C@H]2C(=O)CCC3[C@H]1C5.[Cl-]. The average molecular weight is 321 g/mol. The number of carbonyl (C=O) groups is 1. The molecule has 22 heavy (non-hydrogen) atoms. The molecule has 1 N–H and O–H groups in total. The average Bonchev–Trinajstić information content (AvgIpc) is 2.83. The molecule has 4 nitrogen and oxygen atoms in total. The minimum Gasteiger partial charge on any atom is -1.00 e. The number of benzene rings is 1. The van der Waals surface area contributed by atoms with E-state index in [4.69, 9.17) is 4.74 Å². The summed E-state index contributed by atoms with van der Waals surface area (Å²) in [5.41, 5.74) is 2.26. The van der Waals surface area contributed by atoms with Gasteiger partial charge >= 0.3 is 0 Å². The number of halogens is 1. The predicted octanol–water partition coefficient (Wildman–Crippen LogP) is -1.37. The van der Waals surface area contributed by atoms with Crippen LogP contribution in [0.3, 0.4) is 0 Å². The molecular weight excluding hydrogens is 302 g/mol. The van der Waals surface area contributed by atoms with Crippen molar-refractivity contribution in [2.75, 3.05) is 13.6 Å². The molecule has 0 aromatic heterocycles. The van der Waals surface area contributed by atoms with Gasteiger partial charge in [-0.3, -0.25) is 4.79 Å². The summed E-state index contributed by atoms with van der Waals surface area (Å²) >= 11 is 0. The number of nitrogens with zero attached hydrogens (tertiary/aromatic N) is 1. The summed E-state index contributed by atoms with van der Waals surface area (Å²) in [5, 5.41) is 10.2. The first-order valence-corrected chi connectivity index (χ1v) is 7.88. The first-order valence-electron chi connectivity index (χ1n) is 7.88. The highest BCUT2D eigenvalue weighted by molar-refractivity contribution is 5.89. The van der Waals surface area contributed by atoms with Crippen molar-refractivity contribution >= 4 is 5.78 Å². The van der Waals surface area contributed by atoms with E-state index >= 15 is 0 Å². The summed E-state index contributed by atoms with van der Waals surface area (Å²) in [6.45, 7) is 1.00. The van der Waals surface area contributed by atoms with Gasteiger partial charge in [0.15, 0.2) is 23.4 Å². The Hall–Kier alpha value is -1.26. The number of likely N-dealkylation sites (N-methyl/N-ethyl adjacent to an activating group) is 1. The van der Waals surface area contributed by atoms with Crippen LogP contribution in [0, 0.1) is 5.92 Å². The molecule has 2 aliphatic carbocycles. The van der Waals surface area contributed by atoms with E-state index in [2.05, 4.69) is 11.9 Å². The van der Waals surface area contributed by atoms with Gasteiger partial charge in [-0.15, -0.1) is 0 Å². The van der Waals surface area contributed by atoms with Crippen LogP contribution >= 0.6 is 0 Å². The zero-order valence-corrected chi connectivity index (χ0v) is 13.3. The highest BCUT2D eigenvalue weighted by Crippen LogP contribution is 2.62. The molecule has 1 aromatic carbocycles. The van der Waals surface area contributed by atoms with Crippen molar-refractivity contribution in [2.45, 2.75) is 43.2 Å². The lowest BCUT2D eigenvalue weighted by molar-refractivity contribution is -0.138. The maximum absolute atomic E-state index is 12.5. The molecule has 5 heteroatoms. The Morgan fingerprint density at radius 2 is 2.23 bits per heavy atom. The van der Waals surface area contributed by atoms with Gasteiger partial charge in [-0.2, -0.15) is 0 Å². The fourth-order valence-corrected chi connectivity index (χ4v) is 5.52. The highest BCUT2D eigenvalue weighted by atomic mass is 35.5. The number of phenols is 1. The number of carbonyl (C=O) groups excluding carboxylic acids is 1. The van der Waals surface area contributed by atoms with E-state index in [1.54, 1.807) is 6.07 Å². The third-order valence-electron chi connectivity index (χ3n) is 6.39. The Kier molecular flexibility index (Phi) is 2.86. The zero-order valence-electron chi connectivity index (χ0n) is 12.5. The minimum absolute atomic E-state index is 0. The third kappa shape index (κ3) is 1.41. The Morgan fingerprint density at radius 3 is 3.05 bits per heavy atom. The topological polar surface area (TPSA) is 49.8 Å². The van der Waals surface area contributed by atoms with E-state index in [-0.39, 0.29) is 35.5 Å². The molecule has 1 spiro atoms. The lowest BCUT2D eigenvalue weighted by Crippen LogP contribution is -3.00. The summed E-state index contributed by atoms with van der Waals surface area (Å²) < 4.78 is 6.04. The molecular formula is C17H19ClNO3-. The molecule has 1 aromatic rings. The molecule has 4 atom stereocenters. The van der Waals surface area contributed by atoms with Gasteiger partial charge in [0.05, 0.1) is 0 Å². The number of ketones is 1. The van der Waals surface area contributed by atoms with Crippen molar-refractivity contribution in [3.05, 3.63) is 23.3 Å². The molecule has 1 saturated heterocycles. The smallest absolute Gasteiger partial charge is 0.174 e. The fourth-order valence-electron chi connectivity index (χ4n) is 5.52. The molecule has 2 fully saturated rings. The quantitative estimate of drug-likeness (QED) is 0.641. The van der Waals surface area contributed by atoms with E-state index in [0.29, 0.717) is 24.1 Å². The van der Waals surface area contributed by atoms with Gasteiger partial charge in [0.25, 0.3) is 0 Å². The first-order chi connectivity index (χ1) is 10.1. The lowest BCUT2D eigenvalue weighted by Gasteiger charge is -2.57. The number of hydrogen-bond acceptors (Lipinski definition) is 4. The number of hydrogen-bond donors (Lipinski definition) is 1. The summed E-state index contributed by atoms with van der Waals surface area (Å²) in [4.78, 5) is 14.9. The van der Waals surface area contributed by atoms with Gasteiger partial charge in [0.2, 0.25) is 0 Å². The van der Waals surface area contributed by atoms with E-state index in [0.717, 1.165) is 31.4 Å². The second kappa shape index (κ2) is 4.39. The van der Waals surface area contributed by atoms with Gasteiger partial charge in [0, 0.05) is 23.4 Å². The maximum atomic E-state index is 12.5. The summed E-state index contributed by atoms with van der Waals surface area (Å²) in [5.74, 6) is 1.50. The summed E-state index contributed by atoms with van der Waals surface area (Å²) in [6.07, 6.45) is 3.18. The number of phenolic OH excluding ortho intramolecular Hbond substituents is 1. The Bertz CT molecular complexity index is 676. The Labute approximate surface area is 135 Å². The van der Waals surface area contributed by atoms with E-state index < -0.39 is 0 Å². The number of ether oxygens (including phenoxy) is 1. The second-order valence-corrected chi connectivity index (χ2v) is 7.10. The molecule has 2 aliphatic heterocycles. The number of likely N-dealkylation sites (tertiary alicyclic amines) is 1. The molecule has 1 unspecified atom stereocenters. The molecule has 1 saturated carbocycles. The molecule has 2 bridgehead atoms. The van der Waals surface area contributed by atoms with Crippen molar-refractivity contribution < 1.29 is 27.0 Å². The van der Waals surface area contributed by atoms with Gasteiger partial charge in [-0.05, 0) is 50.4 Å². The normalized spacial score (nSPS) is 38.0. The van der Waals surface area contributed by atoms with Crippen LogP contribution in [0.4, 0.5) is 0 Å². The van der Waals surface area contributed by atoms with Crippen LogP contribution in [-0.4, -0.2) is 41.5 Å². The predicted molar refractivity (Wildman–Crippen MR) is 76.7 cm³/mol. The second-order valence-electron chi connectivity index (χ2n) is 7.10. The van der Waals surface area contributed by atoms with Crippen molar-refractivity contribution in [2.24, 2.45) is 5.92 Å². The van der Waals surface area contributed by atoms with E-state index in [1.165, 1.54) is 5.56 Å². The molecule has 0 radical (unpaired) electrons. The Balaban J connectivity index is 0.00000125. The number of aromatic hydroxyl groups is 1. The van der Waals surface area contributed by atoms with Crippen LogP contribution in [0.5, 0.6) is 11.5 Å². The summed E-state index contributed by atoms with van der Waals surface area (Å²) in [6, 6.07) is 4.26. The number of rotatable bonds is 0. The summed E-state index contributed by atoms with van der Waals surface area (Å²) in [7, 11) is 2.20. The maximum Gasteiger partial charge on any atom is 0.174 e. The van der Waals surface area contributed by atoms with Crippen LogP contribution in [0.1, 0.15) is 30.4 Å². The van der Waals surface area contributed by atoms with Crippen LogP contribution in [0.15, 0.2) is 12.1 Å². The fraction of sp³-hybridized carbons (Fsp3) is 0.588. The van der Waals surface area contributed by atoms with Gasteiger partial charge in [-0.25, -0.2) is 0 Å². The largest absolute Gasteiger partial charge is 1.00 e. The van der Waals surface area contributed by atoms with Gasteiger partial charge in [0.1, 0.15) is 0 Å². The van der Waals surface area contributed by atoms with Crippen molar-refractivity contribution in [3.8, 4) is 11.5 Å². The Morgan fingerprint density at radius 1 is 1.41 bits per heavy atom. The molecule has 0 amide bonds. The van der Waals surface area contributed by atoms with E-state index in [9.17, 15) is 9.90 Å². The van der Waals surface area contributed by atoms with Gasteiger partial charge in [-0.1, -0.05) is 6.07 Å². The van der Waals surface area contributed by atoms with Gasteiger partial charge < -0.3 is 27.2 Å². The number of piperidine rings is 1. The molecule has 5 rings (SSSR count). The molecule has 2 heterocycles. The van der Waals surface area contributed by atoms with Crippen molar-refractivity contribution in [1.29, 1.82) is 0 Å². The first kappa shape index (κ1) is 14.3. The van der Waals surface area contributed by atoms with E-state index in [1.807, 2.05) is 6.07 Å². The van der Waals surface area contributed by atoms with Crippen molar-refractivity contribution in [3.63, 3.8) is 0 Å². The lowest BCUT2D eigenvalue weighted by atomic mass is 9.52. The van der Waals surface area contributed by atoms with Crippen LogP contribution in [0.2, 0.25) is 0 Å². The third-order valence-corrected chi connectivity index (χ3v) is 6.39. The highest BCUT2D eigenvalue weighted by Gasteiger charge is 2.65.